The zero-order valence-electron chi connectivity index (χ0n) is 17.4. The van der Waals surface area contributed by atoms with Gasteiger partial charge in [-0.1, -0.05) is 36.8 Å². The monoisotopic (exact) mass is 407 g/mol. The summed E-state index contributed by atoms with van der Waals surface area (Å²) in [5, 5.41) is 10.3. The van der Waals surface area contributed by atoms with Crippen LogP contribution >= 0.6 is 0 Å². The Morgan fingerprint density at radius 1 is 1.13 bits per heavy atom. The Kier molecular flexibility index (Phi) is 6.95. The molecule has 156 valence electrons. The molecule has 0 atom stereocenters. The summed E-state index contributed by atoms with van der Waals surface area (Å²) in [4.78, 5) is 17.1. The van der Waals surface area contributed by atoms with Crippen LogP contribution in [0.2, 0.25) is 0 Å². The third-order valence-electron chi connectivity index (χ3n) is 4.57. The summed E-state index contributed by atoms with van der Waals surface area (Å²) < 4.78 is 15.9. The first kappa shape index (κ1) is 21.2. The van der Waals surface area contributed by atoms with E-state index in [4.69, 9.17) is 0 Å². The van der Waals surface area contributed by atoms with E-state index in [2.05, 4.69) is 27.6 Å². The molecule has 0 saturated carbocycles. The van der Waals surface area contributed by atoms with Crippen LogP contribution in [0.1, 0.15) is 40.5 Å². The Morgan fingerprint density at radius 2 is 1.87 bits per heavy atom. The van der Waals surface area contributed by atoms with Crippen LogP contribution in [-0.2, 0) is 13.1 Å². The van der Waals surface area contributed by atoms with Crippen molar-refractivity contribution in [2.75, 3.05) is 5.32 Å². The number of nitrogens with one attached hydrogen (secondary N) is 2. The highest BCUT2D eigenvalue weighted by Crippen LogP contribution is 2.12. The lowest BCUT2D eigenvalue weighted by molar-refractivity contribution is 0.0973. The van der Waals surface area contributed by atoms with E-state index in [9.17, 15) is 9.18 Å². The lowest BCUT2D eigenvalue weighted by atomic mass is 10.2. The van der Waals surface area contributed by atoms with Crippen LogP contribution in [0, 0.1) is 19.7 Å². The minimum absolute atomic E-state index is 0.0390. The zero-order chi connectivity index (χ0) is 21.5. The molecule has 0 unspecified atom stereocenters. The van der Waals surface area contributed by atoms with Crippen LogP contribution < -0.4 is 10.6 Å². The number of hydrogen-bond acceptors (Lipinski definition) is 3. The fraction of sp³-hybridized carbons (Fsp3) is 0.261. The highest BCUT2D eigenvalue weighted by Gasteiger charge is 2.14. The number of carbonyl (C=O) groups is 1. The maximum Gasteiger partial charge on any atom is 0.260 e. The molecule has 0 bridgehead atoms. The molecule has 0 aliphatic rings. The van der Waals surface area contributed by atoms with Gasteiger partial charge in [0.05, 0.1) is 17.8 Å². The minimum Gasteiger partial charge on any atom is -0.326 e. The molecule has 2 N–H and O–H groups in total. The van der Waals surface area contributed by atoms with Crippen molar-refractivity contribution in [3.8, 4) is 0 Å². The molecule has 0 aliphatic carbocycles. The van der Waals surface area contributed by atoms with Gasteiger partial charge in [-0.2, -0.15) is 5.10 Å². The number of aromatic nitrogens is 2. The van der Waals surface area contributed by atoms with Crippen LogP contribution in [0.5, 0.6) is 0 Å². The molecule has 0 spiro atoms. The molecule has 7 heteroatoms. The number of anilines is 1. The van der Waals surface area contributed by atoms with Crippen molar-refractivity contribution in [2.45, 2.75) is 40.3 Å². The van der Waals surface area contributed by atoms with E-state index in [1.807, 2.05) is 49.0 Å². The number of guanidine groups is 1. The molecule has 0 saturated heterocycles. The maximum atomic E-state index is 14.0. The number of nitrogens with zero attached hydrogens (tertiary/aromatic N) is 3. The molecule has 0 aliphatic heterocycles. The van der Waals surface area contributed by atoms with Crippen LogP contribution in [-0.4, -0.2) is 21.6 Å². The van der Waals surface area contributed by atoms with Gasteiger partial charge in [-0.25, -0.2) is 9.38 Å². The van der Waals surface area contributed by atoms with Crippen molar-refractivity contribution < 1.29 is 9.18 Å². The molecular weight excluding hydrogens is 381 g/mol. The van der Waals surface area contributed by atoms with Crippen molar-refractivity contribution >= 4 is 17.6 Å². The van der Waals surface area contributed by atoms with Gasteiger partial charge in [-0.15, -0.1) is 0 Å². The van der Waals surface area contributed by atoms with Crippen molar-refractivity contribution in [3.05, 3.63) is 82.9 Å². The Morgan fingerprint density at radius 3 is 2.57 bits per heavy atom. The van der Waals surface area contributed by atoms with Gasteiger partial charge in [0.1, 0.15) is 5.82 Å². The van der Waals surface area contributed by atoms with Crippen LogP contribution in [0.3, 0.4) is 0 Å². The number of hydrogen-bond donors (Lipinski definition) is 2. The van der Waals surface area contributed by atoms with Crippen molar-refractivity contribution in [3.63, 3.8) is 0 Å². The average Bonchev–Trinajstić information content (AvgIpc) is 3.07. The van der Waals surface area contributed by atoms with Crippen molar-refractivity contribution in [2.24, 2.45) is 4.99 Å². The SMILES string of the molecule is CCCn1cc(CN=C(NC(=O)c2ccccc2F)Nc2ccc(C)cc2)c(C)n1. The van der Waals surface area contributed by atoms with Gasteiger partial charge < -0.3 is 5.32 Å². The summed E-state index contributed by atoms with van der Waals surface area (Å²) in [6.07, 6.45) is 2.95. The average molecular weight is 407 g/mol. The molecule has 0 radical (unpaired) electrons. The highest BCUT2D eigenvalue weighted by atomic mass is 19.1. The van der Waals surface area contributed by atoms with E-state index >= 15 is 0 Å². The van der Waals surface area contributed by atoms with Crippen LogP contribution in [0.4, 0.5) is 10.1 Å². The lowest BCUT2D eigenvalue weighted by Crippen LogP contribution is -2.36. The molecule has 0 fully saturated rings. The number of carbonyl (C=O) groups excluding carboxylic acids is 1. The maximum absolute atomic E-state index is 14.0. The number of rotatable bonds is 6. The van der Waals surface area contributed by atoms with Gasteiger partial charge in [0.15, 0.2) is 0 Å². The number of aryl methyl sites for hydroxylation is 3. The molecule has 3 rings (SSSR count). The molecule has 30 heavy (non-hydrogen) atoms. The van der Waals surface area contributed by atoms with E-state index in [1.54, 1.807) is 12.1 Å². The molecule has 1 heterocycles. The summed E-state index contributed by atoms with van der Waals surface area (Å²) >= 11 is 0. The zero-order valence-corrected chi connectivity index (χ0v) is 17.4. The largest absolute Gasteiger partial charge is 0.326 e. The first-order valence-electron chi connectivity index (χ1n) is 9.93. The predicted octanol–water partition coefficient (Wildman–Crippen LogP) is 4.45. The second kappa shape index (κ2) is 9.82. The van der Waals surface area contributed by atoms with Crippen molar-refractivity contribution in [1.82, 2.24) is 15.1 Å². The van der Waals surface area contributed by atoms with Gasteiger partial charge in [-0.05, 0) is 44.5 Å². The Bertz CT molecular complexity index is 1040. The molecule has 3 aromatic rings. The molecule has 6 nitrogen and oxygen atoms in total. The van der Waals surface area contributed by atoms with Crippen LogP contribution in [0.15, 0.2) is 59.7 Å². The van der Waals surface area contributed by atoms with E-state index in [-0.39, 0.29) is 11.5 Å². The van der Waals surface area contributed by atoms with E-state index in [0.717, 1.165) is 35.5 Å². The van der Waals surface area contributed by atoms with Gasteiger partial charge >= 0.3 is 0 Å². The summed E-state index contributed by atoms with van der Waals surface area (Å²) in [5.41, 5.74) is 3.71. The topological polar surface area (TPSA) is 71.3 Å². The Hall–Kier alpha value is -3.48. The second-order valence-electron chi connectivity index (χ2n) is 7.09. The van der Waals surface area contributed by atoms with Crippen LogP contribution in [0.25, 0.3) is 0 Å². The first-order valence-corrected chi connectivity index (χ1v) is 9.93. The molecular formula is C23H26FN5O. The number of amides is 1. The van der Waals surface area contributed by atoms with E-state index < -0.39 is 11.7 Å². The van der Waals surface area contributed by atoms with Gasteiger partial charge in [0.25, 0.3) is 5.91 Å². The summed E-state index contributed by atoms with van der Waals surface area (Å²) in [6, 6.07) is 13.6. The quantitative estimate of drug-likeness (QED) is 0.469. The smallest absolute Gasteiger partial charge is 0.260 e. The van der Waals surface area contributed by atoms with Gasteiger partial charge in [0.2, 0.25) is 5.96 Å². The van der Waals surface area contributed by atoms with E-state index in [0.29, 0.717) is 6.54 Å². The number of benzene rings is 2. The summed E-state index contributed by atoms with van der Waals surface area (Å²) in [5.74, 6) is -0.902. The number of halogens is 1. The fourth-order valence-electron chi connectivity index (χ4n) is 2.93. The molecule has 1 amide bonds. The van der Waals surface area contributed by atoms with Crippen molar-refractivity contribution in [1.29, 1.82) is 0 Å². The normalized spacial score (nSPS) is 11.4. The second-order valence-corrected chi connectivity index (χ2v) is 7.09. The van der Waals surface area contributed by atoms with Gasteiger partial charge in [0, 0.05) is 24.0 Å². The third kappa shape index (κ3) is 5.53. The molecule has 2 aromatic carbocycles. The molecule has 1 aromatic heterocycles. The lowest BCUT2D eigenvalue weighted by Gasteiger charge is -2.12. The highest BCUT2D eigenvalue weighted by molar-refractivity contribution is 6.10. The summed E-state index contributed by atoms with van der Waals surface area (Å²) in [7, 11) is 0. The first-order chi connectivity index (χ1) is 14.5. The predicted molar refractivity (Wildman–Crippen MR) is 117 cm³/mol. The third-order valence-corrected chi connectivity index (χ3v) is 4.57. The minimum atomic E-state index is -0.582. The Balaban J connectivity index is 1.83. The number of aliphatic imine (C=N–C) groups is 1. The fourth-order valence-corrected chi connectivity index (χ4v) is 2.93. The van der Waals surface area contributed by atoms with E-state index in [1.165, 1.54) is 12.1 Å². The van der Waals surface area contributed by atoms with Gasteiger partial charge in [-0.3, -0.25) is 14.8 Å². The summed E-state index contributed by atoms with van der Waals surface area (Å²) in [6.45, 7) is 7.19. The standard InChI is InChI=1S/C23H26FN5O/c1-4-13-29-15-18(17(3)28-29)14-25-23(26-19-11-9-16(2)10-12-19)27-22(30)20-7-5-6-8-21(20)24/h5-12,15H,4,13-14H2,1-3H3,(H2,25,26,27,30). The Labute approximate surface area is 175 Å².